The summed E-state index contributed by atoms with van der Waals surface area (Å²) in [6.45, 7) is -0.0270. The number of hydrogen-bond acceptors (Lipinski definition) is 3. The van der Waals surface area contributed by atoms with E-state index in [-0.39, 0.29) is 12.4 Å². The first kappa shape index (κ1) is 10.9. The Morgan fingerprint density at radius 1 is 1.57 bits per heavy atom. The molecule has 1 unspecified atom stereocenters. The molecule has 78 valence electrons. The summed E-state index contributed by atoms with van der Waals surface area (Å²) in [6.07, 6.45) is 0.389. The van der Waals surface area contributed by atoms with Crippen LogP contribution in [0.15, 0.2) is 18.2 Å². The fourth-order valence-electron chi connectivity index (χ4n) is 1.29. The highest BCUT2D eigenvalue weighted by Gasteiger charge is 2.12. The summed E-state index contributed by atoms with van der Waals surface area (Å²) >= 11 is 0. The van der Waals surface area contributed by atoms with Crippen molar-refractivity contribution in [3.8, 4) is 5.75 Å². The van der Waals surface area contributed by atoms with Gasteiger partial charge in [-0.05, 0) is 24.6 Å². The van der Waals surface area contributed by atoms with E-state index < -0.39 is 6.04 Å². The van der Waals surface area contributed by atoms with E-state index in [4.69, 9.17) is 15.6 Å². The van der Waals surface area contributed by atoms with Gasteiger partial charge >= 0.3 is 0 Å². The largest absolute Gasteiger partial charge is 0.496 e. The van der Waals surface area contributed by atoms with Gasteiger partial charge in [0.25, 0.3) is 0 Å². The summed E-state index contributed by atoms with van der Waals surface area (Å²) in [5.74, 6) is 0.196. The lowest BCUT2D eigenvalue weighted by atomic mass is 10.0. The summed E-state index contributed by atoms with van der Waals surface area (Å²) in [7, 11) is 1.50. The van der Waals surface area contributed by atoms with Crippen molar-refractivity contribution in [1.29, 1.82) is 0 Å². The Kier molecular flexibility index (Phi) is 3.85. The molecule has 14 heavy (non-hydrogen) atoms. The Labute approximate surface area is 82.3 Å². The maximum Gasteiger partial charge on any atom is 0.123 e. The second-order valence-electron chi connectivity index (χ2n) is 3.01. The van der Waals surface area contributed by atoms with E-state index in [0.717, 1.165) is 0 Å². The van der Waals surface area contributed by atoms with Crippen molar-refractivity contribution < 1.29 is 14.2 Å². The van der Waals surface area contributed by atoms with Crippen LogP contribution in [0.2, 0.25) is 0 Å². The molecule has 0 spiro atoms. The maximum atomic E-state index is 12.9. The number of aliphatic hydroxyl groups is 1. The number of rotatable bonds is 4. The summed E-state index contributed by atoms with van der Waals surface area (Å²) in [5, 5.41) is 8.72. The third-order valence-corrected chi connectivity index (χ3v) is 2.03. The van der Waals surface area contributed by atoms with Gasteiger partial charge < -0.3 is 15.6 Å². The van der Waals surface area contributed by atoms with Gasteiger partial charge in [0.1, 0.15) is 11.6 Å². The monoisotopic (exact) mass is 199 g/mol. The Morgan fingerprint density at radius 3 is 2.86 bits per heavy atom. The third-order valence-electron chi connectivity index (χ3n) is 2.03. The van der Waals surface area contributed by atoms with Crippen LogP contribution in [0.5, 0.6) is 5.75 Å². The van der Waals surface area contributed by atoms with Crippen LogP contribution in [0, 0.1) is 5.82 Å². The SMILES string of the molecule is COc1ccc(F)cc1C(N)CCO. The van der Waals surface area contributed by atoms with E-state index in [0.29, 0.717) is 17.7 Å². The van der Waals surface area contributed by atoms with Crippen LogP contribution in [0.4, 0.5) is 4.39 Å². The Hall–Kier alpha value is -1.13. The Bertz CT molecular complexity index is 304. The van der Waals surface area contributed by atoms with Gasteiger partial charge in [-0.3, -0.25) is 0 Å². The van der Waals surface area contributed by atoms with E-state index in [1.807, 2.05) is 0 Å². The molecule has 0 heterocycles. The lowest BCUT2D eigenvalue weighted by Gasteiger charge is -2.14. The molecule has 1 aromatic carbocycles. The van der Waals surface area contributed by atoms with Crippen LogP contribution in [0.1, 0.15) is 18.0 Å². The molecule has 0 bridgehead atoms. The first-order valence-corrected chi connectivity index (χ1v) is 4.39. The molecule has 0 aliphatic heterocycles. The van der Waals surface area contributed by atoms with Crippen molar-refractivity contribution in [2.45, 2.75) is 12.5 Å². The first-order chi connectivity index (χ1) is 6.69. The van der Waals surface area contributed by atoms with E-state index in [9.17, 15) is 4.39 Å². The molecule has 0 aromatic heterocycles. The minimum atomic E-state index is -0.398. The zero-order chi connectivity index (χ0) is 10.6. The first-order valence-electron chi connectivity index (χ1n) is 4.39. The van der Waals surface area contributed by atoms with Crippen LogP contribution in [0.25, 0.3) is 0 Å². The number of ether oxygens (including phenoxy) is 1. The summed E-state index contributed by atoms with van der Waals surface area (Å²) in [6, 6.07) is 3.78. The minimum absolute atomic E-state index is 0.0270. The highest BCUT2D eigenvalue weighted by molar-refractivity contribution is 5.36. The van der Waals surface area contributed by atoms with E-state index in [2.05, 4.69) is 0 Å². The molecule has 0 saturated heterocycles. The zero-order valence-corrected chi connectivity index (χ0v) is 8.03. The molecule has 0 radical (unpaired) electrons. The average molecular weight is 199 g/mol. The summed E-state index contributed by atoms with van der Waals surface area (Å²) in [4.78, 5) is 0. The molecular weight excluding hydrogens is 185 g/mol. The quantitative estimate of drug-likeness (QED) is 0.766. The van der Waals surface area contributed by atoms with Crippen molar-refractivity contribution in [1.82, 2.24) is 0 Å². The van der Waals surface area contributed by atoms with Crippen molar-refractivity contribution in [2.75, 3.05) is 13.7 Å². The van der Waals surface area contributed by atoms with Gasteiger partial charge in [0, 0.05) is 18.2 Å². The molecule has 0 aliphatic rings. The molecule has 3 N–H and O–H groups in total. The number of benzene rings is 1. The van der Waals surface area contributed by atoms with E-state index in [1.165, 1.54) is 25.3 Å². The molecule has 3 nitrogen and oxygen atoms in total. The highest BCUT2D eigenvalue weighted by atomic mass is 19.1. The topological polar surface area (TPSA) is 55.5 Å². The van der Waals surface area contributed by atoms with E-state index in [1.54, 1.807) is 0 Å². The lowest BCUT2D eigenvalue weighted by molar-refractivity contribution is 0.275. The molecule has 1 atom stereocenters. The van der Waals surface area contributed by atoms with E-state index >= 15 is 0 Å². The Balaban J connectivity index is 2.97. The highest BCUT2D eigenvalue weighted by Crippen LogP contribution is 2.26. The third kappa shape index (κ3) is 2.43. The predicted octanol–water partition coefficient (Wildman–Crippen LogP) is 1.22. The molecule has 4 heteroatoms. The normalized spacial score (nSPS) is 12.6. The van der Waals surface area contributed by atoms with Gasteiger partial charge in [0.05, 0.1) is 7.11 Å². The fourth-order valence-corrected chi connectivity index (χ4v) is 1.29. The van der Waals surface area contributed by atoms with Crippen LogP contribution < -0.4 is 10.5 Å². The zero-order valence-electron chi connectivity index (χ0n) is 8.03. The van der Waals surface area contributed by atoms with Crippen molar-refractivity contribution in [3.05, 3.63) is 29.6 Å². The van der Waals surface area contributed by atoms with Gasteiger partial charge in [-0.1, -0.05) is 0 Å². The maximum absolute atomic E-state index is 12.9. The molecular formula is C10H14FNO2. The minimum Gasteiger partial charge on any atom is -0.496 e. The predicted molar refractivity (Wildman–Crippen MR) is 51.6 cm³/mol. The molecule has 0 aliphatic carbocycles. The van der Waals surface area contributed by atoms with Crippen LogP contribution >= 0.6 is 0 Å². The second kappa shape index (κ2) is 4.93. The van der Waals surface area contributed by atoms with Crippen molar-refractivity contribution in [2.24, 2.45) is 5.73 Å². The molecule has 0 amide bonds. The lowest BCUT2D eigenvalue weighted by Crippen LogP contribution is -2.13. The number of methoxy groups -OCH3 is 1. The Morgan fingerprint density at radius 2 is 2.29 bits per heavy atom. The fraction of sp³-hybridized carbons (Fsp3) is 0.400. The van der Waals surface area contributed by atoms with Gasteiger partial charge in [-0.25, -0.2) is 4.39 Å². The van der Waals surface area contributed by atoms with Gasteiger partial charge in [0.15, 0.2) is 0 Å². The summed E-state index contributed by atoms with van der Waals surface area (Å²) < 4.78 is 18.0. The molecule has 0 fully saturated rings. The van der Waals surface area contributed by atoms with Gasteiger partial charge in [0.2, 0.25) is 0 Å². The second-order valence-corrected chi connectivity index (χ2v) is 3.01. The van der Waals surface area contributed by atoms with Crippen molar-refractivity contribution >= 4 is 0 Å². The van der Waals surface area contributed by atoms with Gasteiger partial charge in [-0.15, -0.1) is 0 Å². The number of aliphatic hydroxyl groups excluding tert-OH is 1. The average Bonchev–Trinajstić information content (AvgIpc) is 2.18. The number of halogens is 1. The summed E-state index contributed by atoms with van der Waals surface area (Å²) in [5.41, 5.74) is 6.33. The smallest absolute Gasteiger partial charge is 0.123 e. The standard InChI is InChI=1S/C10H14FNO2/c1-14-10-3-2-7(11)6-8(10)9(12)4-5-13/h2-3,6,9,13H,4-5,12H2,1H3. The van der Waals surface area contributed by atoms with Crippen LogP contribution in [0.3, 0.4) is 0 Å². The van der Waals surface area contributed by atoms with Crippen LogP contribution in [-0.2, 0) is 0 Å². The van der Waals surface area contributed by atoms with Crippen LogP contribution in [-0.4, -0.2) is 18.8 Å². The molecule has 0 saturated carbocycles. The number of nitrogens with two attached hydrogens (primary N) is 1. The van der Waals surface area contributed by atoms with Crippen molar-refractivity contribution in [3.63, 3.8) is 0 Å². The van der Waals surface area contributed by atoms with Gasteiger partial charge in [-0.2, -0.15) is 0 Å². The molecule has 1 rings (SSSR count). The number of hydrogen-bond donors (Lipinski definition) is 2. The molecule has 1 aromatic rings.